The summed E-state index contributed by atoms with van der Waals surface area (Å²) < 4.78 is 0. The molecule has 2 aliphatic rings. The number of rotatable bonds is 3. The zero-order valence-corrected chi connectivity index (χ0v) is 10.9. The molecule has 1 atom stereocenters. The first-order valence-corrected chi connectivity index (χ1v) is 6.98. The number of nitrogen functional groups attached to an aromatic ring is 1. The van der Waals surface area contributed by atoms with Crippen LogP contribution in [0.25, 0.3) is 0 Å². The van der Waals surface area contributed by atoms with Crippen LogP contribution in [-0.2, 0) is 0 Å². The van der Waals surface area contributed by atoms with Crippen molar-refractivity contribution >= 4 is 11.6 Å². The molecule has 1 aromatic heterocycles. The number of nitrogens with one attached hydrogen (secondary N) is 1. The number of aliphatic hydroxyl groups is 1. The third-order valence-corrected chi connectivity index (χ3v) is 4.12. The number of aliphatic hydroxyl groups excluding tert-OH is 1. The predicted molar refractivity (Wildman–Crippen MR) is 70.7 cm³/mol. The summed E-state index contributed by atoms with van der Waals surface area (Å²) in [6.45, 7) is 0.681. The van der Waals surface area contributed by atoms with E-state index in [0.29, 0.717) is 23.8 Å². The van der Waals surface area contributed by atoms with E-state index in [4.69, 9.17) is 5.73 Å². The number of likely N-dealkylation sites (tertiary alicyclic amines) is 1. The number of H-pyrrole nitrogens is 1. The Bertz CT molecular complexity index is 481. The maximum absolute atomic E-state index is 12.5. The summed E-state index contributed by atoms with van der Waals surface area (Å²) in [5.74, 6) is 0.295. The van der Waals surface area contributed by atoms with Crippen LogP contribution in [0.5, 0.6) is 0 Å². The van der Waals surface area contributed by atoms with Crippen molar-refractivity contribution in [3.8, 4) is 0 Å². The summed E-state index contributed by atoms with van der Waals surface area (Å²) in [5.41, 5.74) is 7.76. The molecule has 1 aliphatic heterocycles. The van der Waals surface area contributed by atoms with Gasteiger partial charge in [-0.2, -0.15) is 5.10 Å². The minimum atomic E-state index is -0.153. The fraction of sp³-hybridized carbons (Fsp3) is 0.692. The number of nitrogens with zero attached hydrogens (tertiary/aromatic N) is 2. The molecule has 1 aliphatic carbocycles. The van der Waals surface area contributed by atoms with E-state index in [2.05, 4.69) is 10.2 Å². The number of carbonyl (C=O) groups excluding carboxylic acids is 1. The number of aromatic nitrogens is 2. The number of piperidine rings is 1. The highest BCUT2D eigenvalue weighted by Gasteiger charge is 2.33. The lowest BCUT2D eigenvalue weighted by Crippen LogP contribution is -2.45. The molecule has 2 fully saturated rings. The first-order chi connectivity index (χ1) is 9.22. The largest absolute Gasteiger partial charge is 0.395 e. The Kier molecular flexibility index (Phi) is 3.18. The first-order valence-electron chi connectivity index (χ1n) is 6.98. The van der Waals surface area contributed by atoms with Crippen LogP contribution in [-0.4, -0.2) is 45.3 Å². The molecular weight excluding hydrogens is 244 g/mol. The monoisotopic (exact) mass is 264 g/mol. The predicted octanol–water partition coefficient (Wildman–Crippen LogP) is 0.856. The van der Waals surface area contributed by atoms with E-state index in [9.17, 15) is 9.90 Å². The molecule has 0 spiro atoms. The van der Waals surface area contributed by atoms with Gasteiger partial charge in [-0.3, -0.25) is 9.89 Å². The Morgan fingerprint density at radius 3 is 2.89 bits per heavy atom. The third kappa shape index (κ3) is 2.20. The average molecular weight is 264 g/mol. The van der Waals surface area contributed by atoms with Crippen LogP contribution in [0.15, 0.2) is 0 Å². The molecule has 0 radical (unpaired) electrons. The van der Waals surface area contributed by atoms with Crippen LogP contribution in [0.4, 0.5) is 5.69 Å². The SMILES string of the molecule is Nc1c(C(=O)N2CCCCC2CO)n[nH]c1C1CC1. The van der Waals surface area contributed by atoms with Gasteiger partial charge in [0.05, 0.1) is 24.0 Å². The summed E-state index contributed by atoms with van der Waals surface area (Å²) in [6.07, 6.45) is 5.11. The van der Waals surface area contributed by atoms with Crippen LogP contribution in [0.3, 0.4) is 0 Å². The van der Waals surface area contributed by atoms with Gasteiger partial charge in [-0.1, -0.05) is 0 Å². The maximum Gasteiger partial charge on any atom is 0.276 e. The topological polar surface area (TPSA) is 95.2 Å². The molecule has 104 valence electrons. The molecule has 2 heterocycles. The van der Waals surface area contributed by atoms with Crippen molar-refractivity contribution in [3.05, 3.63) is 11.4 Å². The third-order valence-electron chi connectivity index (χ3n) is 4.12. The Hall–Kier alpha value is -1.56. The number of aromatic amines is 1. The Morgan fingerprint density at radius 1 is 1.42 bits per heavy atom. The van der Waals surface area contributed by atoms with E-state index in [0.717, 1.165) is 37.8 Å². The average Bonchev–Trinajstić information content (AvgIpc) is 3.21. The van der Waals surface area contributed by atoms with Crippen LogP contribution >= 0.6 is 0 Å². The van der Waals surface area contributed by atoms with E-state index in [1.165, 1.54) is 0 Å². The molecule has 1 saturated heterocycles. The molecule has 0 aromatic carbocycles. The maximum atomic E-state index is 12.5. The molecule has 1 amide bonds. The first kappa shape index (κ1) is 12.5. The van der Waals surface area contributed by atoms with E-state index in [-0.39, 0.29) is 18.6 Å². The van der Waals surface area contributed by atoms with Gasteiger partial charge < -0.3 is 15.7 Å². The second-order valence-electron chi connectivity index (χ2n) is 5.50. The van der Waals surface area contributed by atoms with Gasteiger partial charge in [0.15, 0.2) is 5.69 Å². The van der Waals surface area contributed by atoms with Crippen LogP contribution in [0.1, 0.15) is 54.2 Å². The van der Waals surface area contributed by atoms with Gasteiger partial charge in [-0.15, -0.1) is 0 Å². The molecule has 0 bridgehead atoms. The summed E-state index contributed by atoms with van der Waals surface area (Å²) in [7, 11) is 0. The minimum Gasteiger partial charge on any atom is -0.395 e. The van der Waals surface area contributed by atoms with E-state index >= 15 is 0 Å². The van der Waals surface area contributed by atoms with Crippen molar-refractivity contribution < 1.29 is 9.90 Å². The summed E-state index contributed by atoms with van der Waals surface area (Å²) in [4.78, 5) is 14.2. The molecule has 4 N–H and O–H groups in total. The molecular formula is C13H20N4O2. The molecule has 6 nitrogen and oxygen atoms in total. The van der Waals surface area contributed by atoms with Crippen molar-refractivity contribution in [1.82, 2.24) is 15.1 Å². The van der Waals surface area contributed by atoms with Crippen molar-refractivity contribution in [1.29, 1.82) is 0 Å². The van der Waals surface area contributed by atoms with Crippen LogP contribution in [0.2, 0.25) is 0 Å². The Morgan fingerprint density at radius 2 is 2.21 bits per heavy atom. The van der Waals surface area contributed by atoms with Crippen LogP contribution < -0.4 is 5.73 Å². The summed E-state index contributed by atoms with van der Waals surface area (Å²) >= 11 is 0. The minimum absolute atomic E-state index is 0.00551. The van der Waals surface area contributed by atoms with Crippen molar-refractivity contribution in [2.24, 2.45) is 0 Å². The molecule has 19 heavy (non-hydrogen) atoms. The zero-order valence-electron chi connectivity index (χ0n) is 10.9. The Balaban J connectivity index is 1.82. The van der Waals surface area contributed by atoms with E-state index in [1.807, 2.05) is 0 Å². The van der Waals surface area contributed by atoms with Gasteiger partial charge in [0.1, 0.15) is 0 Å². The van der Waals surface area contributed by atoms with E-state index < -0.39 is 0 Å². The number of carbonyl (C=O) groups is 1. The highest BCUT2D eigenvalue weighted by atomic mass is 16.3. The van der Waals surface area contributed by atoms with Crippen molar-refractivity contribution in [2.75, 3.05) is 18.9 Å². The highest BCUT2D eigenvalue weighted by molar-refractivity contribution is 5.98. The highest BCUT2D eigenvalue weighted by Crippen LogP contribution is 2.42. The van der Waals surface area contributed by atoms with E-state index in [1.54, 1.807) is 4.90 Å². The quantitative estimate of drug-likeness (QED) is 0.754. The van der Waals surface area contributed by atoms with Crippen molar-refractivity contribution in [2.45, 2.75) is 44.1 Å². The Labute approximate surface area is 112 Å². The number of hydrogen-bond acceptors (Lipinski definition) is 4. The number of hydrogen-bond donors (Lipinski definition) is 3. The second kappa shape index (κ2) is 4.85. The number of nitrogens with two attached hydrogens (primary N) is 1. The lowest BCUT2D eigenvalue weighted by molar-refractivity contribution is 0.0498. The molecule has 6 heteroatoms. The fourth-order valence-electron chi connectivity index (χ4n) is 2.80. The summed E-state index contributed by atoms with van der Waals surface area (Å²) in [5, 5.41) is 16.4. The van der Waals surface area contributed by atoms with Gasteiger partial charge in [0, 0.05) is 12.5 Å². The van der Waals surface area contributed by atoms with Gasteiger partial charge in [0.2, 0.25) is 0 Å². The molecule has 1 aromatic rings. The van der Waals surface area contributed by atoms with Crippen molar-refractivity contribution in [3.63, 3.8) is 0 Å². The number of amides is 1. The summed E-state index contributed by atoms with van der Waals surface area (Å²) in [6, 6.07) is -0.0956. The van der Waals surface area contributed by atoms with Gasteiger partial charge >= 0.3 is 0 Å². The normalized spacial score (nSPS) is 23.6. The fourth-order valence-corrected chi connectivity index (χ4v) is 2.80. The molecule has 1 saturated carbocycles. The van der Waals surface area contributed by atoms with Gasteiger partial charge in [0.25, 0.3) is 5.91 Å². The zero-order chi connectivity index (χ0) is 13.4. The van der Waals surface area contributed by atoms with Crippen LogP contribution in [0, 0.1) is 0 Å². The lowest BCUT2D eigenvalue weighted by Gasteiger charge is -2.34. The smallest absolute Gasteiger partial charge is 0.276 e. The van der Waals surface area contributed by atoms with Gasteiger partial charge in [-0.05, 0) is 32.1 Å². The molecule has 1 unspecified atom stereocenters. The standard InChI is InChI=1S/C13H20N4O2/c14-10-11(8-4-5-8)15-16-12(10)13(19)17-6-2-1-3-9(17)7-18/h8-9,18H,1-7,14H2,(H,15,16). The number of anilines is 1. The molecule has 3 rings (SSSR count). The van der Waals surface area contributed by atoms with Gasteiger partial charge in [-0.25, -0.2) is 0 Å². The lowest BCUT2D eigenvalue weighted by atomic mass is 10.0. The second-order valence-corrected chi connectivity index (χ2v) is 5.50.